The highest BCUT2D eigenvalue weighted by atomic mass is 35.5. The van der Waals surface area contributed by atoms with E-state index in [9.17, 15) is 8.42 Å². The molecule has 0 radical (unpaired) electrons. The number of halogens is 1. The van der Waals surface area contributed by atoms with Gasteiger partial charge in [-0.1, -0.05) is 11.6 Å². The first-order valence-electron chi connectivity index (χ1n) is 5.62. The van der Waals surface area contributed by atoms with Gasteiger partial charge in [-0.15, -0.1) is 0 Å². The highest BCUT2D eigenvalue weighted by Crippen LogP contribution is 2.28. The summed E-state index contributed by atoms with van der Waals surface area (Å²) in [4.78, 5) is 0.0126. The van der Waals surface area contributed by atoms with E-state index in [2.05, 4.69) is 0 Å². The summed E-state index contributed by atoms with van der Waals surface area (Å²) in [7, 11) is -3.73. The highest BCUT2D eigenvalue weighted by molar-refractivity contribution is 7.89. The minimum Gasteiger partial charge on any atom is -0.207 e. The summed E-state index contributed by atoms with van der Waals surface area (Å²) in [5, 5.41) is 17.8. The van der Waals surface area contributed by atoms with Gasteiger partial charge in [0, 0.05) is 6.54 Å². The van der Waals surface area contributed by atoms with E-state index in [1.54, 1.807) is 0 Å². The number of nitrogens with zero attached hydrogens (tertiary/aromatic N) is 3. The Bertz CT molecular complexity index is 688. The average molecular weight is 296 g/mol. The van der Waals surface area contributed by atoms with E-state index in [-0.39, 0.29) is 15.5 Å². The second-order valence-corrected chi connectivity index (χ2v) is 6.45. The number of sulfonamides is 1. The predicted octanol–water partition coefficient (Wildman–Crippen LogP) is 1.89. The summed E-state index contributed by atoms with van der Waals surface area (Å²) in [6.45, 7) is 0.332. The van der Waals surface area contributed by atoms with E-state index in [0.717, 1.165) is 0 Å². The van der Waals surface area contributed by atoms with Gasteiger partial charge < -0.3 is 0 Å². The molecule has 0 aliphatic carbocycles. The van der Waals surface area contributed by atoms with Crippen molar-refractivity contribution >= 4 is 21.6 Å². The molecule has 1 atom stereocenters. The van der Waals surface area contributed by atoms with Crippen molar-refractivity contribution in [2.75, 3.05) is 6.54 Å². The largest absolute Gasteiger partial charge is 0.244 e. The maximum Gasteiger partial charge on any atom is 0.244 e. The van der Waals surface area contributed by atoms with Crippen molar-refractivity contribution in [3.05, 3.63) is 28.8 Å². The molecule has 19 heavy (non-hydrogen) atoms. The Morgan fingerprint density at radius 1 is 1.37 bits per heavy atom. The molecule has 98 valence electrons. The zero-order chi connectivity index (χ0) is 14.0. The van der Waals surface area contributed by atoms with Crippen LogP contribution in [0.15, 0.2) is 23.1 Å². The van der Waals surface area contributed by atoms with Gasteiger partial charge in [-0.3, -0.25) is 0 Å². The van der Waals surface area contributed by atoms with Gasteiger partial charge in [0.15, 0.2) is 0 Å². The molecule has 2 rings (SSSR count). The first-order valence-corrected chi connectivity index (χ1v) is 7.43. The second-order valence-electron chi connectivity index (χ2n) is 4.16. The zero-order valence-electron chi connectivity index (χ0n) is 9.88. The molecule has 0 amide bonds. The molecule has 5 nitrogen and oxygen atoms in total. The molecule has 1 saturated heterocycles. The molecule has 0 bridgehead atoms. The molecular weight excluding hydrogens is 286 g/mol. The molecule has 1 aliphatic heterocycles. The summed E-state index contributed by atoms with van der Waals surface area (Å²) in [5.74, 6) is 0. The maximum absolute atomic E-state index is 12.4. The summed E-state index contributed by atoms with van der Waals surface area (Å²) in [5.41, 5.74) is 0.221. The monoisotopic (exact) mass is 295 g/mol. The molecule has 1 fully saturated rings. The molecule has 0 saturated carbocycles. The van der Waals surface area contributed by atoms with Crippen molar-refractivity contribution < 1.29 is 8.42 Å². The van der Waals surface area contributed by atoms with Crippen molar-refractivity contribution in [2.45, 2.75) is 23.8 Å². The van der Waals surface area contributed by atoms with Crippen LogP contribution in [0.3, 0.4) is 0 Å². The Hall–Kier alpha value is -1.60. The predicted molar refractivity (Wildman–Crippen MR) is 68.7 cm³/mol. The van der Waals surface area contributed by atoms with Gasteiger partial charge >= 0.3 is 0 Å². The lowest BCUT2D eigenvalue weighted by Gasteiger charge is -2.19. The number of benzene rings is 1. The highest BCUT2D eigenvalue weighted by Gasteiger charge is 2.35. The van der Waals surface area contributed by atoms with Crippen LogP contribution in [0, 0.1) is 22.7 Å². The smallest absolute Gasteiger partial charge is 0.207 e. The van der Waals surface area contributed by atoms with Gasteiger partial charge in [0.25, 0.3) is 0 Å². The normalized spacial score (nSPS) is 19.8. The van der Waals surface area contributed by atoms with Gasteiger partial charge in [0.1, 0.15) is 12.1 Å². The lowest BCUT2D eigenvalue weighted by molar-refractivity contribution is 0.437. The topological polar surface area (TPSA) is 85.0 Å². The maximum atomic E-state index is 12.4. The van der Waals surface area contributed by atoms with E-state index < -0.39 is 16.1 Å². The van der Waals surface area contributed by atoms with Crippen molar-refractivity contribution in [1.82, 2.24) is 4.31 Å². The third-order valence-corrected chi connectivity index (χ3v) is 5.24. The zero-order valence-corrected chi connectivity index (χ0v) is 11.4. The number of rotatable bonds is 2. The molecule has 7 heteroatoms. The number of nitriles is 2. The van der Waals surface area contributed by atoms with E-state index in [4.69, 9.17) is 22.1 Å². The van der Waals surface area contributed by atoms with Gasteiger partial charge in [-0.25, -0.2) is 8.42 Å². The quantitative estimate of drug-likeness (QED) is 0.834. The van der Waals surface area contributed by atoms with E-state index >= 15 is 0 Å². The number of hydrogen-bond donors (Lipinski definition) is 0. The van der Waals surface area contributed by atoms with Crippen LogP contribution in [0.2, 0.25) is 5.02 Å². The van der Waals surface area contributed by atoms with Gasteiger partial charge in [0.05, 0.1) is 21.6 Å². The van der Waals surface area contributed by atoms with Crippen molar-refractivity contribution in [2.24, 2.45) is 0 Å². The molecule has 1 unspecified atom stereocenters. The molecule has 0 N–H and O–H groups in total. The minimum atomic E-state index is -3.73. The average Bonchev–Trinajstić information content (AvgIpc) is 2.87. The van der Waals surface area contributed by atoms with Crippen LogP contribution in [0.1, 0.15) is 18.4 Å². The van der Waals surface area contributed by atoms with Crippen molar-refractivity contribution in [1.29, 1.82) is 10.5 Å². The van der Waals surface area contributed by atoms with Gasteiger partial charge in [0.2, 0.25) is 10.0 Å². The summed E-state index contributed by atoms with van der Waals surface area (Å²) >= 11 is 5.84. The van der Waals surface area contributed by atoms with Gasteiger partial charge in [-0.05, 0) is 31.0 Å². The Balaban J connectivity index is 2.44. The molecule has 1 aliphatic rings. The minimum absolute atomic E-state index is 0.0126. The van der Waals surface area contributed by atoms with Crippen molar-refractivity contribution in [3.63, 3.8) is 0 Å². The number of hydrogen-bond acceptors (Lipinski definition) is 4. The van der Waals surface area contributed by atoms with Gasteiger partial charge in [-0.2, -0.15) is 14.8 Å². The van der Waals surface area contributed by atoms with Crippen LogP contribution in [0.4, 0.5) is 0 Å². The molecule has 1 heterocycles. The van der Waals surface area contributed by atoms with E-state index in [1.165, 1.54) is 22.5 Å². The molecular formula is C12H10ClN3O2S. The summed E-state index contributed by atoms with van der Waals surface area (Å²) < 4.78 is 26.0. The first-order chi connectivity index (χ1) is 9.00. The lowest BCUT2D eigenvalue weighted by atomic mass is 10.2. The molecule has 0 spiro atoms. The Kier molecular flexibility index (Phi) is 3.77. The lowest BCUT2D eigenvalue weighted by Crippen LogP contribution is -2.34. The molecule has 0 aromatic heterocycles. The Morgan fingerprint density at radius 2 is 2.11 bits per heavy atom. The third kappa shape index (κ3) is 2.43. The molecule has 1 aromatic rings. The van der Waals surface area contributed by atoms with Crippen LogP contribution < -0.4 is 0 Å². The Labute approximate surface area is 116 Å². The third-order valence-electron chi connectivity index (χ3n) is 3.02. The van der Waals surface area contributed by atoms with Crippen LogP contribution >= 0.6 is 11.6 Å². The fourth-order valence-electron chi connectivity index (χ4n) is 2.04. The fraction of sp³-hybridized carbons (Fsp3) is 0.333. The van der Waals surface area contributed by atoms with E-state index in [0.29, 0.717) is 19.4 Å². The van der Waals surface area contributed by atoms with Crippen LogP contribution in [0.5, 0.6) is 0 Å². The van der Waals surface area contributed by atoms with Crippen LogP contribution in [0.25, 0.3) is 0 Å². The summed E-state index contributed by atoms with van der Waals surface area (Å²) in [6, 6.07) is 7.19. The van der Waals surface area contributed by atoms with Crippen LogP contribution in [-0.2, 0) is 10.0 Å². The van der Waals surface area contributed by atoms with Crippen LogP contribution in [-0.4, -0.2) is 25.3 Å². The standard InChI is InChI=1S/C12H10ClN3O2S/c13-12-6-11(4-3-9(12)7-14)19(17,18)16-5-1-2-10(16)8-15/h3-4,6,10H,1-2,5H2. The second kappa shape index (κ2) is 5.18. The Morgan fingerprint density at radius 3 is 2.68 bits per heavy atom. The fourth-order valence-corrected chi connectivity index (χ4v) is 3.96. The van der Waals surface area contributed by atoms with Crippen molar-refractivity contribution in [3.8, 4) is 12.1 Å². The summed E-state index contributed by atoms with van der Waals surface area (Å²) in [6.07, 6.45) is 1.21. The first kappa shape index (κ1) is 13.8. The SMILES string of the molecule is N#Cc1ccc(S(=O)(=O)N2CCCC2C#N)cc1Cl. The molecule has 1 aromatic carbocycles. The van der Waals surface area contributed by atoms with E-state index in [1.807, 2.05) is 12.1 Å².